The molecule has 0 spiro atoms. The van der Waals surface area contributed by atoms with Crippen molar-refractivity contribution in [3.63, 3.8) is 0 Å². The van der Waals surface area contributed by atoms with Crippen molar-refractivity contribution in [3.8, 4) is 11.3 Å². The third-order valence-corrected chi connectivity index (χ3v) is 7.12. The fraction of sp³-hybridized carbons (Fsp3) is 0.458. The number of rotatable bonds is 3. The average Bonchev–Trinajstić information content (AvgIpc) is 3.49. The van der Waals surface area contributed by atoms with Gasteiger partial charge in [0, 0.05) is 37.6 Å². The normalized spacial score (nSPS) is 23.0. The largest absolute Gasteiger partial charge is 0.378 e. The molecule has 6 rings (SSSR count). The number of piperidine rings is 1. The number of morpholine rings is 1. The van der Waals surface area contributed by atoms with Crippen LogP contribution in [0.2, 0.25) is 0 Å². The second kappa shape index (κ2) is 8.64. The Hall–Kier alpha value is -3.17. The second-order valence-corrected chi connectivity index (χ2v) is 9.17. The van der Waals surface area contributed by atoms with Gasteiger partial charge in [-0.1, -0.05) is 12.1 Å². The zero-order chi connectivity index (χ0) is 22.2. The number of carbonyl (C=O) groups excluding carboxylic acids is 1. The number of likely N-dealkylation sites (tertiary alicyclic amines) is 1. The minimum atomic E-state index is -0.00631. The van der Waals surface area contributed by atoms with Crippen LogP contribution in [0.25, 0.3) is 22.3 Å². The molecule has 5 heterocycles. The number of aromatic amines is 1. The molecular weight excluding hydrogens is 418 g/mol. The lowest BCUT2D eigenvalue weighted by molar-refractivity contribution is 0.122. The van der Waals surface area contributed by atoms with Gasteiger partial charge in [0.2, 0.25) is 0 Å². The molecule has 9 nitrogen and oxygen atoms in total. The van der Waals surface area contributed by atoms with E-state index in [1.54, 1.807) is 6.33 Å². The molecule has 3 aliphatic heterocycles. The van der Waals surface area contributed by atoms with Crippen LogP contribution < -0.4 is 15.5 Å². The number of benzene rings is 1. The van der Waals surface area contributed by atoms with Gasteiger partial charge in [0.15, 0.2) is 0 Å². The topological polar surface area (TPSA) is 98.4 Å². The molecule has 172 valence electrons. The van der Waals surface area contributed by atoms with Gasteiger partial charge in [0.05, 0.1) is 18.6 Å². The van der Waals surface area contributed by atoms with Crippen molar-refractivity contribution in [2.75, 3.05) is 62.7 Å². The fourth-order valence-electron chi connectivity index (χ4n) is 5.28. The van der Waals surface area contributed by atoms with Crippen molar-refractivity contribution >= 4 is 28.6 Å². The van der Waals surface area contributed by atoms with Gasteiger partial charge in [-0.05, 0) is 55.1 Å². The molecule has 9 heteroatoms. The van der Waals surface area contributed by atoms with Crippen molar-refractivity contribution in [3.05, 3.63) is 36.7 Å². The maximum absolute atomic E-state index is 12.8. The van der Waals surface area contributed by atoms with E-state index >= 15 is 0 Å². The summed E-state index contributed by atoms with van der Waals surface area (Å²) in [7, 11) is 0. The van der Waals surface area contributed by atoms with Crippen molar-refractivity contribution in [1.29, 1.82) is 0 Å². The van der Waals surface area contributed by atoms with Crippen molar-refractivity contribution < 1.29 is 9.53 Å². The molecule has 3 fully saturated rings. The summed E-state index contributed by atoms with van der Waals surface area (Å²) >= 11 is 0. The highest BCUT2D eigenvalue weighted by atomic mass is 16.5. The lowest BCUT2D eigenvalue weighted by Gasteiger charge is -2.27. The summed E-state index contributed by atoms with van der Waals surface area (Å²) in [5, 5.41) is 7.52. The highest BCUT2D eigenvalue weighted by molar-refractivity contribution is 5.93. The molecule has 3 aliphatic rings. The van der Waals surface area contributed by atoms with Gasteiger partial charge in [0.25, 0.3) is 0 Å². The van der Waals surface area contributed by atoms with Gasteiger partial charge in [-0.25, -0.2) is 14.8 Å². The first-order valence-electron chi connectivity index (χ1n) is 11.8. The lowest BCUT2D eigenvalue weighted by Crippen LogP contribution is -2.36. The molecule has 1 aromatic carbocycles. The van der Waals surface area contributed by atoms with E-state index in [9.17, 15) is 4.79 Å². The predicted molar refractivity (Wildman–Crippen MR) is 127 cm³/mol. The van der Waals surface area contributed by atoms with Gasteiger partial charge < -0.3 is 30.2 Å². The highest BCUT2D eigenvalue weighted by Gasteiger charge is 2.36. The smallest absolute Gasteiger partial charge is 0.321 e. The Morgan fingerprint density at radius 3 is 2.73 bits per heavy atom. The van der Waals surface area contributed by atoms with Crippen molar-refractivity contribution in [2.24, 2.45) is 11.8 Å². The zero-order valence-electron chi connectivity index (χ0n) is 18.6. The molecule has 2 unspecified atom stereocenters. The molecule has 3 saturated heterocycles. The maximum atomic E-state index is 12.8. The van der Waals surface area contributed by atoms with Crippen LogP contribution in [0.15, 0.2) is 36.7 Å². The average molecular weight is 448 g/mol. The number of anilines is 2. The molecule has 3 N–H and O–H groups in total. The molecule has 2 atom stereocenters. The van der Waals surface area contributed by atoms with Gasteiger partial charge in [0.1, 0.15) is 17.8 Å². The first kappa shape index (κ1) is 20.4. The molecule has 0 radical (unpaired) electrons. The third kappa shape index (κ3) is 4.02. The second-order valence-electron chi connectivity index (χ2n) is 9.17. The summed E-state index contributed by atoms with van der Waals surface area (Å²) in [4.78, 5) is 29.3. The SMILES string of the molecule is O=C(Nc1ccc(-c2cc3c(N4CCOCC4)ncnc3[nH]2)cc1)N1CC2CCNCC2C1. The predicted octanol–water partition coefficient (Wildman–Crippen LogP) is 2.53. The summed E-state index contributed by atoms with van der Waals surface area (Å²) in [5.41, 5.74) is 3.65. The summed E-state index contributed by atoms with van der Waals surface area (Å²) in [5.74, 6) is 2.15. The molecule has 3 aromatic rings. The number of ether oxygens (including phenoxy) is 1. The van der Waals surface area contributed by atoms with Crippen LogP contribution in [0.1, 0.15) is 6.42 Å². The minimum Gasteiger partial charge on any atom is -0.378 e. The first-order chi connectivity index (χ1) is 16.2. The molecule has 0 bridgehead atoms. The maximum Gasteiger partial charge on any atom is 0.321 e. The van der Waals surface area contributed by atoms with Crippen LogP contribution >= 0.6 is 0 Å². The number of carbonyl (C=O) groups is 1. The Morgan fingerprint density at radius 1 is 1.09 bits per heavy atom. The van der Waals surface area contributed by atoms with Crippen LogP contribution in [-0.4, -0.2) is 78.4 Å². The van der Waals surface area contributed by atoms with Gasteiger partial charge >= 0.3 is 6.03 Å². The number of fused-ring (bicyclic) bond motifs is 2. The molecule has 0 aliphatic carbocycles. The summed E-state index contributed by atoms with van der Waals surface area (Å²) in [6, 6.07) is 10.1. The molecule has 33 heavy (non-hydrogen) atoms. The molecule has 2 aromatic heterocycles. The van der Waals surface area contributed by atoms with E-state index in [-0.39, 0.29) is 6.03 Å². The Morgan fingerprint density at radius 2 is 1.91 bits per heavy atom. The summed E-state index contributed by atoms with van der Waals surface area (Å²) < 4.78 is 5.47. The van der Waals surface area contributed by atoms with Crippen LogP contribution in [-0.2, 0) is 4.74 Å². The number of hydrogen-bond acceptors (Lipinski definition) is 6. The Kier molecular flexibility index (Phi) is 5.35. The van der Waals surface area contributed by atoms with E-state index in [1.807, 2.05) is 29.2 Å². The zero-order valence-corrected chi connectivity index (χ0v) is 18.6. The van der Waals surface area contributed by atoms with E-state index < -0.39 is 0 Å². The van der Waals surface area contributed by atoms with E-state index in [2.05, 4.69) is 36.6 Å². The van der Waals surface area contributed by atoms with Gasteiger partial charge in [-0.3, -0.25) is 0 Å². The number of aromatic nitrogens is 3. The number of amides is 2. The first-order valence-corrected chi connectivity index (χ1v) is 11.8. The van der Waals surface area contributed by atoms with Crippen molar-refractivity contribution in [1.82, 2.24) is 25.2 Å². The molecule has 0 saturated carbocycles. The van der Waals surface area contributed by atoms with Crippen LogP contribution in [0.4, 0.5) is 16.3 Å². The monoisotopic (exact) mass is 447 g/mol. The van der Waals surface area contributed by atoms with Crippen molar-refractivity contribution in [2.45, 2.75) is 6.42 Å². The van der Waals surface area contributed by atoms with Crippen LogP contribution in [0, 0.1) is 11.8 Å². The quantitative estimate of drug-likeness (QED) is 0.571. The van der Waals surface area contributed by atoms with E-state index in [0.29, 0.717) is 25.0 Å². The number of H-pyrrole nitrogens is 1. The lowest BCUT2D eigenvalue weighted by atomic mass is 9.90. The standard InChI is InChI=1S/C24H29N7O2/c32-24(31-13-17-5-6-25-12-18(17)14-31)28-19-3-1-16(2-4-19)21-11-20-22(29-21)26-15-27-23(20)30-7-9-33-10-8-30/h1-4,11,15,17-18,25H,5-10,12-14H2,(H,28,32)(H,26,27,29). The Balaban J connectivity index is 1.16. The summed E-state index contributed by atoms with van der Waals surface area (Å²) in [6.07, 6.45) is 2.77. The Bertz CT molecular complexity index is 1130. The number of nitrogens with zero attached hydrogens (tertiary/aromatic N) is 4. The number of urea groups is 1. The van der Waals surface area contributed by atoms with Crippen LogP contribution in [0.3, 0.4) is 0 Å². The van der Waals surface area contributed by atoms with E-state index in [4.69, 9.17) is 4.74 Å². The number of hydrogen-bond donors (Lipinski definition) is 3. The highest BCUT2D eigenvalue weighted by Crippen LogP contribution is 2.31. The van der Waals surface area contributed by atoms with Crippen LogP contribution in [0.5, 0.6) is 0 Å². The van der Waals surface area contributed by atoms with Gasteiger partial charge in [-0.2, -0.15) is 0 Å². The summed E-state index contributed by atoms with van der Waals surface area (Å²) in [6.45, 7) is 6.86. The van der Waals surface area contributed by atoms with E-state index in [0.717, 1.165) is 79.5 Å². The number of nitrogens with one attached hydrogen (secondary N) is 3. The minimum absolute atomic E-state index is 0.00631. The van der Waals surface area contributed by atoms with Gasteiger partial charge in [-0.15, -0.1) is 0 Å². The Labute approximate surface area is 192 Å². The van der Waals surface area contributed by atoms with E-state index in [1.165, 1.54) is 0 Å². The molecule has 2 amide bonds. The third-order valence-electron chi connectivity index (χ3n) is 7.12. The fourth-order valence-corrected chi connectivity index (χ4v) is 5.28. The molecular formula is C24H29N7O2.